The lowest BCUT2D eigenvalue weighted by molar-refractivity contribution is 0.364. The molecule has 0 bridgehead atoms. The van der Waals surface area contributed by atoms with Gasteiger partial charge in [-0.15, -0.1) is 0 Å². The van der Waals surface area contributed by atoms with E-state index in [0.717, 1.165) is 29.6 Å². The molecule has 1 aromatic heterocycles. The van der Waals surface area contributed by atoms with E-state index in [9.17, 15) is 0 Å². The summed E-state index contributed by atoms with van der Waals surface area (Å²) in [6, 6.07) is 12.4. The molecule has 0 saturated carbocycles. The van der Waals surface area contributed by atoms with E-state index in [1.54, 1.807) is 0 Å². The summed E-state index contributed by atoms with van der Waals surface area (Å²) in [7, 11) is 0. The van der Waals surface area contributed by atoms with Gasteiger partial charge in [-0.05, 0) is 24.0 Å². The number of aromatic nitrogens is 1. The maximum absolute atomic E-state index is 8.68. The molecule has 0 atom stereocenters. The Morgan fingerprint density at radius 1 is 1.26 bits per heavy atom. The van der Waals surface area contributed by atoms with E-state index in [2.05, 4.69) is 48.4 Å². The van der Waals surface area contributed by atoms with Crippen molar-refractivity contribution in [3.8, 4) is 6.07 Å². The van der Waals surface area contributed by atoms with Crippen molar-refractivity contribution in [1.29, 1.82) is 5.26 Å². The Labute approximate surface area is 114 Å². The Morgan fingerprint density at radius 3 is 2.84 bits per heavy atom. The molecule has 3 nitrogen and oxygen atoms in total. The second kappa shape index (κ2) is 5.71. The third kappa shape index (κ3) is 3.45. The highest BCUT2D eigenvalue weighted by Gasteiger charge is 2.17. The van der Waals surface area contributed by atoms with Gasteiger partial charge < -0.3 is 5.32 Å². The summed E-state index contributed by atoms with van der Waals surface area (Å²) in [5, 5.41) is 13.3. The van der Waals surface area contributed by atoms with Crippen LogP contribution in [0.3, 0.4) is 0 Å². The van der Waals surface area contributed by atoms with Crippen LogP contribution >= 0.6 is 0 Å². The number of fused-ring (bicyclic) bond motifs is 1. The maximum Gasteiger partial charge on any atom is 0.0933 e. The van der Waals surface area contributed by atoms with Gasteiger partial charge in [-0.3, -0.25) is 4.98 Å². The molecule has 0 unspecified atom stereocenters. The second-order valence-corrected chi connectivity index (χ2v) is 5.56. The number of hydrogen-bond donors (Lipinski definition) is 1. The summed E-state index contributed by atoms with van der Waals surface area (Å²) in [5.41, 5.74) is 2.16. The van der Waals surface area contributed by atoms with Gasteiger partial charge >= 0.3 is 0 Å². The van der Waals surface area contributed by atoms with Crippen LogP contribution in [0, 0.1) is 16.7 Å². The monoisotopic (exact) mass is 253 g/mol. The molecule has 3 heteroatoms. The highest BCUT2D eigenvalue weighted by Crippen LogP contribution is 2.25. The Balaban J connectivity index is 2.12. The number of pyridine rings is 1. The number of hydrogen-bond acceptors (Lipinski definition) is 3. The van der Waals surface area contributed by atoms with Crippen molar-refractivity contribution in [3.63, 3.8) is 0 Å². The summed E-state index contributed by atoms with van der Waals surface area (Å²) < 4.78 is 0. The van der Waals surface area contributed by atoms with Gasteiger partial charge in [-0.1, -0.05) is 32.0 Å². The summed E-state index contributed by atoms with van der Waals surface area (Å²) in [6.07, 6.45) is 3.31. The smallest absolute Gasteiger partial charge is 0.0933 e. The van der Waals surface area contributed by atoms with E-state index in [0.29, 0.717) is 6.42 Å². The molecule has 1 heterocycles. The first-order valence-corrected chi connectivity index (χ1v) is 6.57. The lowest BCUT2D eigenvalue weighted by Gasteiger charge is -2.24. The molecule has 19 heavy (non-hydrogen) atoms. The molecular formula is C16H19N3. The lowest BCUT2D eigenvalue weighted by atomic mass is 9.88. The largest absolute Gasteiger partial charge is 0.383 e. The SMILES string of the molecule is CC(C)(CCC#N)CNc1cccc2cccnc12. The van der Waals surface area contributed by atoms with Gasteiger partial charge in [0.15, 0.2) is 0 Å². The molecule has 0 amide bonds. The quantitative estimate of drug-likeness (QED) is 0.876. The number of para-hydroxylation sites is 1. The first kappa shape index (κ1) is 13.4. The molecule has 0 aliphatic rings. The number of rotatable bonds is 5. The normalized spacial score (nSPS) is 11.2. The fraction of sp³-hybridized carbons (Fsp3) is 0.375. The average molecular weight is 253 g/mol. The third-order valence-electron chi connectivity index (χ3n) is 3.30. The zero-order chi connectivity index (χ0) is 13.7. The van der Waals surface area contributed by atoms with Crippen LogP contribution in [-0.4, -0.2) is 11.5 Å². The second-order valence-electron chi connectivity index (χ2n) is 5.56. The van der Waals surface area contributed by atoms with E-state index < -0.39 is 0 Å². The average Bonchev–Trinajstić information content (AvgIpc) is 2.43. The van der Waals surface area contributed by atoms with Gasteiger partial charge in [-0.25, -0.2) is 0 Å². The van der Waals surface area contributed by atoms with Gasteiger partial charge in [0.25, 0.3) is 0 Å². The van der Waals surface area contributed by atoms with Gasteiger partial charge in [-0.2, -0.15) is 5.26 Å². The van der Waals surface area contributed by atoms with Gasteiger partial charge in [0, 0.05) is 24.5 Å². The molecule has 0 spiro atoms. The summed E-state index contributed by atoms with van der Waals surface area (Å²) in [6.45, 7) is 5.19. The third-order valence-corrected chi connectivity index (χ3v) is 3.30. The van der Waals surface area contributed by atoms with E-state index in [1.165, 1.54) is 0 Å². The van der Waals surface area contributed by atoms with Crippen LogP contribution in [0.2, 0.25) is 0 Å². The number of nitrogens with zero attached hydrogens (tertiary/aromatic N) is 2. The Hall–Kier alpha value is -2.08. The van der Waals surface area contributed by atoms with Crippen molar-refractivity contribution >= 4 is 16.6 Å². The topological polar surface area (TPSA) is 48.7 Å². The summed E-state index contributed by atoms with van der Waals surface area (Å²) >= 11 is 0. The summed E-state index contributed by atoms with van der Waals surface area (Å²) in [5.74, 6) is 0. The van der Waals surface area contributed by atoms with Crippen molar-refractivity contribution in [2.24, 2.45) is 5.41 Å². The highest BCUT2D eigenvalue weighted by atomic mass is 14.9. The first-order valence-electron chi connectivity index (χ1n) is 6.57. The Morgan fingerprint density at radius 2 is 2.05 bits per heavy atom. The Bertz CT molecular complexity index is 591. The molecule has 0 saturated heterocycles. The van der Waals surface area contributed by atoms with Gasteiger partial charge in [0.05, 0.1) is 17.3 Å². The fourth-order valence-corrected chi connectivity index (χ4v) is 2.06. The number of anilines is 1. The highest BCUT2D eigenvalue weighted by molar-refractivity contribution is 5.90. The molecule has 98 valence electrons. The predicted molar refractivity (Wildman–Crippen MR) is 78.9 cm³/mol. The standard InChI is InChI=1S/C16H19N3/c1-16(2,9-5-10-17)12-19-14-8-3-6-13-7-4-11-18-15(13)14/h3-4,6-8,11,19H,5,9,12H2,1-2H3. The molecule has 1 N–H and O–H groups in total. The van der Waals surface area contributed by atoms with Crippen LogP contribution < -0.4 is 5.32 Å². The minimum absolute atomic E-state index is 0.104. The lowest BCUT2D eigenvalue weighted by Crippen LogP contribution is -2.23. The predicted octanol–water partition coefficient (Wildman–Crippen LogP) is 3.98. The van der Waals surface area contributed by atoms with Gasteiger partial charge in [0.2, 0.25) is 0 Å². The van der Waals surface area contributed by atoms with Gasteiger partial charge in [0.1, 0.15) is 0 Å². The maximum atomic E-state index is 8.68. The first-order chi connectivity index (χ1) is 9.12. The minimum Gasteiger partial charge on any atom is -0.383 e. The molecule has 0 aliphatic heterocycles. The molecule has 0 radical (unpaired) electrons. The van der Waals surface area contributed by atoms with Crippen LogP contribution in [0.4, 0.5) is 5.69 Å². The zero-order valence-electron chi connectivity index (χ0n) is 11.5. The fourth-order valence-electron chi connectivity index (χ4n) is 2.06. The van der Waals surface area contributed by atoms with Crippen LogP contribution in [0.25, 0.3) is 10.9 Å². The van der Waals surface area contributed by atoms with E-state index in [-0.39, 0.29) is 5.41 Å². The van der Waals surface area contributed by atoms with Crippen LogP contribution in [-0.2, 0) is 0 Å². The zero-order valence-corrected chi connectivity index (χ0v) is 11.5. The van der Waals surface area contributed by atoms with Crippen molar-refractivity contribution in [2.75, 3.05) is 11.9 Å². The number of nitriles is 1. The van der Waals surface area contributed by atoms with E-state index >= 15 is 0 Å². The van der Waals surface area contributed by atoms with Crippen LogP contribution in [0.1, 0.15) is 26.7 Å². The van der Waals surface area contributed by atoms with Crippen molar-refractivity contribution in [3.05, 3.63) is 36.5 Å². The molecular weight excluding hydrogens is 234 g/mol. The van der Waals surface area contributed by atoms with Crippen molar-refractivity contribution < 1.29 is 0 Å². The van der Waals surface area contributed by atoms with E-state index in [1.807, 2.05) is 18.3 Å². The van der Waals surface area contributed by atoms with Crippen molar-refractivity contribution in [1.82, 2.24) is 4.98 Å². The molecule has 0 aliphatic carbocycles. The number of benzene rings is 1. The van der Waals surface area contributed by atoms with Crippen LogP contribution in [0.5, 0.6) is 0 Å². The van der Waals surface area contributed by atoms with E-state index in [4.69, 9.17) is 5.26 Å². The number of nitrogens with one attached hydrogen (secondary N) is 1. The molecule has 0 fully saturated rings. The summed E-state index contributed by atoms with van der Waals surface area (Å²) in [4.78, 5) is 4.43. The molecule has 1 aromatic carbocycles. The molecule has 2 aromatic rings. The molecule has 2 rings (SSSR count). The van der Waals surface area contributed by atoms with Crippen molar-refractivity contribution in [2.45, 2.75) is 26.7 Å². The minimum atomic E-state index is 0.104. The Kier molecular flexibility index (Phi) is 4.01. The van der Waals surface area contributed by atoms with Crippen LogP contribution in [0.15, 0.2) is 36.5 Å².